The van der Waals surface area contributed by atoms with E-state index < -0.39 is 21.8 Å². The zero-order valence-corrected chi connectivity index (χ0v) is 15.8. The molecule has 2 aromatic rings. The zero-order chi connectivity index (χ0) is 19.6. The van der Waals surface area contributed by atoms with Gasteiger partial charge in [0, 0.05) is 5.56 Å². The van der Waals surface area contributed by atoms with Gasteiger partial charge in [0.15, 0.2) is 0 Å². The van der Waals surface area contributed by atoms with Crippen LogP contribution in [0.25, 0.3) is 0 Å². The number of nitrogens with one attached hydrogen (secondary N) is 1. The summed E-state index contributed by atoms with van der Waals surface area (Å²) in [5.74, 6) is 4.79. The van der Waals surface area contributed by atoms with Crippen molar-refractivity contribution in [1.29, 1.82) is 0 Å². The monoisotopic (exact) mass is 382 g/mol. The minimum absolute atomic E-state index is 0.0667. The molecule has 0 radical (unpaired) electrons. The van der Waals surface area contributed by atoms with Crippen LogP contribution in [0.1, 0.15) is 38.8 Å². The molecule has 6 nitrogen and oxygen atoms in total. The summed E-state index contributed by atoms with van der Waals surface area (Å²) in [6, 6.07) is 11.6. The fourth-order valence-corrected chi connectivity index (χ4v) is 3.70. The molecule has 0 aliphatic carbocycles. The Bertz CT molecular complexity index is 1060. The Hall–Kier alpha value is -2.95. The minimum atomic E-state index is -3.67. The number of nitrogens with zero attached hydrogens (tertiary/aromatic N) is 1. The Balaban J connectivity index is 1.91. The number of rotatable bonds is 4. The highest BCUT2D eigenvalue weighted by molar-refractivity contribution is 7.89. The van der Waals surface area contributed by atoms with Crippen LogP contribution in [-0.2, 0) is 16.4 Å². The van der Waals surface area contributed by atoms with E-state index in [0.717, 1.165) is 16.9 Å². The number of benzene rings is 2. The van der Waals surface area contributed by atoms with E-state index in [-0.39, 0.29) is 11.4 Å². The first kappa shape index (κ1) is 18.8. The first-order valence-electron chi connectivity index (χ1n) is 8.39. The molecule has 0 unspecified atom stereocenters. The van der Waals surface area contributed by atoms with Crippen molar-refractivity contribution in [3.8, 4) is 11.8 Å². The Kier molecular flexibility index (Phi) is 5.13. The number of hydrogen-bond donors (Lipinski definition) is 1. The van der Waals surface area contributed by atoms with E-state index in [9.17, 15) is 18.0 Å². The number of imide groups is 1. The fourth-order valence-electron chi connectivity index (χ4n) is 2.84. The highest BCUT2D eigenvalue weighted by atomic mass is 32.2. The molecule has 0 aromatic heterocycles. The van der Waals surface area contributed by atoms with E-state index in [2.05, 4.69) is 16.6 Å². The predicted octanol–water partition coefficient (Wildman–Crippen LogP) is 1.80. The van der Waals surface area contributed by atoms with Gasteiger partial charge in [0.2, 0.25) is 10.0 Å². The molecule has 2 amide bonds. The molecule has 7 heteroatoms. The van der Waals surface area contributed by atoms with Crippen LogP contribution in [0.2, 0.25) is 0 Å². The highest BCUT2D eigenvalue weighted by Gasteiger charge is 2.34. The Morgan fingerprint density at radius 2 is 1.67 bits per heavy atom. The van der Waals surface area contributed by atoms with Crippen molar-refractivity contribution in [3.63, 3.8) is 0 Å². The maximum Gasteiger partial charge on any atom is 0.262 e. The van der Waals surface area contributed by atoms with Crippen LogP contribution in [0.5, 0.6) is 0 Å². The lowest BCUT2D eigenvalue weighted by Gasteiger charge is -2.09. The van der Waals surface area contributed by atoms with Gasteiger partial charge in [0.1, 0.15) is 0 Å². The molecule has 0 fully saturated rings. The summed E-state index contributed by atoms with van der Waals surface area (Å²) in [7, 11) is -2.34. The molecule has 2 aromatic carbocycles. The Morgan fingerprint density at radius 1 is 1.04 bits per heavy atom. The molecule has 1 aliphatic rings. The molecule has 0 saturated carbocycles. The van der Waals surface area contributed by atoms with Gasteiger partial charge in [-0.1, -0.05) is 37.0 Å². The molecule has 1 heterocycles. The van der Waals surface area contributed by atoms with Crippen LogP contribution in [-0.4, -0.2) is 38.7 Å². The normalized spacial score (nSPS) is 13.3. The summed E-state index contributed by atoms with van der Waals surface area (Å²) in [6.07, 6.45) is 0.729. The summed E-state index contributed by atoms with van der Waals surface area (Å²) in [5.41, 5.74) is 1.99. The number of carbonyl (C=O) groups is 2. The third kappa shape index (κ3) is 3.50. The molecule has 1 N–H and O–H groups in total. The van der Waals surface area contributed by atoms with Gasteiger partial charge in [-0.2, -0.15) is 0 Å². The van der Waals surface area contributed by atoms with E-state index in [1.165, 1.54) is 13.1 Å². The minimum Gasteiger partial charge on any atom is -0.269 e. The van der Waals surface area contributed by atoms with Crippen LogP contribution in [0.3, 0.4) is 0 Å². The lowest BCUT2D eigenvalue weighted by atomic mass is 10.1. The molecule has 3 rings (SSSR count). The largest absolute Gasteiger partial charge is 0.269 e. The van der Waals surface area contributed by atoms with E-state index in [4.69, 9.17) is 0 Å². The fraction of sp³-hybridized carbons (Fsp3) is 0.200. The summed E-state index contributed by atoms with van der Waals surface area (Å²) < 4.78 is 26.7. The third-order valence-corrected chi connectivity index (χ3v) is 5.82. The highest BCUT2D eigenvalue weighted by Crippen LogP contribution is 2.22. The van der Waals surface area contributed by atoms with Gasteiger partial charge < -0.3 is 0 Å². The van der Waals surface area contributed by atoms with Crippen LogP contribution < -0.4 is 4.72 Å². The lowest BCUT2D eigenvalue weighted by Crippen LogP contribution is -2.30. The second-order valence-electron chi connectivity index (χ2n) is 5.94. The summed E-state index contributed by atoms with van der Waals surface area (Å²) in [6.45, 7) is 1.85. The van der Waals surface area contributed by atoms with Crippen LogP contribution in [0.4, 0.5) is 0 Å². The molecule has 0 atom stereocenters. The number of carbonyl (C=O) groups excluding carboxylic acids is 2. The molecule has 1 aliphatic heterocycles. The van der Waals surface area contributed by atoms with Gasteiger partial charge in [-0.05, 0) is 43.3 Å². The third-order valence-electron chi connectivity index (χ3n) is 4.35. The van der Waals surface area contributed by atoms with Crippen molar-refractivity contribution in [1.82, 2.24) is 9.62 Å². The number of hydrogen-bond acceptors (Lipinski definition) is 4. The number of amides is 2. The number of aryl methyl sites for hydroxylation is 1. The second-order valence-corrected chi connectivity index (χ2v) is 7.79. The van der Waals surface area contributed by atoms with E-state index in [1.807, 2.05) is 6.92 Å². The van der Waals surface area contributed by atoms with Crippen molar-refractivity contribution >= 4 is 21.8 Å². The van der Waals surface area contributed by atoms with Gasteiger partial charge in [-0.15, -0.1) is 0 Å². The first-order valence-corrected chi connectivity index (χ1v) is 9.88. The van der Waals surface area contributed by atoms with Crippen molar-refractivity contribution in [2.75, 3.05) is 13.6 Å². The summed E-state index contributed by atoms with van der Waals surface area (Å²) in [5, 5.41) is 0. The predicted molar refractivity (Wildman–Crippen MR) is 101 cm³/mol. The molecule has 0 spiro atoms. The van der Waals surface area contributed by atoms with Gasteiger partial charge >= 0.3 is 0 Å². The van der Waals surface area contributed by atoms with Crippen molar-refractivity contribution < 1.29 is 18.0 Å². The topological polar surface area (TPSA) is 83.6 Å². The number of sulfonamides is 1. The molecule has 0 saturated heterocycles. The average molecular weight is 382 g/mol. The smallest absolute Gasteiger partial charge is 0.262 e. The van der Waals surface area contributed by atoms with Gasteiger partial charge in [-0.3, -0.25) is 14.5 Å². The van der Waals surface area contributed by atoms with E-state index in [0.29, 0.717) is 16.7 Å². The lowest BCUT2D eigenvalue weighted by molar-refractivity contribution is 0.0675. The Labute approximate surface area is 158 Å². The zero-order valence-electron chi connectivity index (χ0n) is 14.9. The Morgan fingerprint density at radius 3 is 2.22 bits per heavy atom. The molecule has 0 bridgehead atoms. The SMILES string of the molecule is CCc1ccc(S(=O)(=O)NC)c(C#CCN2C(=O)c3ccccc3C2=O)c1. The van der Waals surface area contributed by atoms with Gasteiger partial charge in [0.25, 0.3) is 11.8 Å². The number of fused-ring (bicyclic) bond motifs is 1. The van der Waals surface area contributed by atoms with Crippen LogP contribution in [0, 0.1) is 11.8 Å². The molecular formula is C20H18N2O4S. The average Bonchev–Trinajstić information content (AvgIpc) is 2.93. The van der Waals surface area contributed by atoms with Gasteiger partial charge in [-0.25, -0.2) is 13.1 Å². The van der Waals surface area contributed by atoms with E-state index >= 15 is 0 Å². The van der Waals surface area contributed by atoms with Crippen molar-refractivity contribution in [2.24, 2.45) is 0 Å². The summed E-state index contributed by atoms with van der Waals surface area (Å²) in [4.78, 5) is 25.8. The van der Waals surface area contributed by atoms with E-state index in [1.54, 1.807) is 36.4 Å². The first-order chi connectivity index (χ1) is 12.9. The maximum absolute atomic E-state index is 12.4. The quantitative estimate of drug-likeness (QED) is 0.646. The molecular weight excluding hydrogens is 364 g/mol. The van der Waals surface area contributed by atoms with Crippen molar-refractivity contribution in [2.45, 2.75) is 18.2 Å². The van der Waals surface area contributed by atoms with Crippen LogP contribution >= 0.6 is 0 Å². The standard InChI is InChI=1S/C20H18N2O4S/c1-3-14-10-11-18(27(25,26)21-2)15(13-14)7-6-12-22-19(23)16-8-4-5-9-17(16)20(22)24/h4-5,8-11,13,21H,3,12H2,1-2H3. The van der Waals surface area contributed by atoms with Crippen LogP contribution in [0.15, 0.2) is 47.4 Å². The molecule has 138 valence electrons. The van der Waals surface area contributed by atoms with Crippen molar-refractivity contribution in [3.05, 3.63) is 64.7 Å². The summed E-state index contributed by atoms with van der Waals surface area (Å²) >= 11 is 0. The van der Waals surface area contributed by atoms with Gasteiger partial charge in [0.05, 0.1) is 22.6 Å². The maximum atomic E-state index is 12.4. The molecule has 27 heavy (non-hydrogen) atoms. The second kappa shape index (κ2) is 7.35.